The van der Waals surface area contributed by atoms with Gasteiger partial charge < -0.3 is 5.32 Å². The second kappa shape index (κ2) is 5.74. The van der Waals surface area contributed by atoms with Crippen LogP contribution in [0.2, 0.25) is 0 Å². The van der Waals surface area contributed by atoms with Crippen molar-refractivity contribution in [1.82, 2.24) is 9.78 Å². The fourth-order valence-electron chi connectivity index (χ4n) is 2.08. The van der Waals surface area contributed by atoms with Crippen LogP contribution in [-0.4, -0.2) is 20.6 Å². The minimum atomic E-state index is -0.466. The molecule has 110 valence electrons. The van der Waals surface area contributed by atoms with Crippen LogP contribution in [0.1, 0.15) is 28.5 Å². The van der Waals surface area contributed by atoms with Gasteiger partial charge in [0.15, 0.2) is 0 Å². The third-order valence-corrected chi connectivity index (χ3v) is 3.31. The van der Waals surface area contributed by atoms with Gasteiger partial charge in [-0.25, -0.2) is 0 Å². The highest BCUT2D eigenvalue weighted by atomic mass is 16.6. The average Bonchev–Trinajstić information content (AvgIpc) is 2.79. The Morgan fingerprint density at radius 1 is 1.43 bits per heavy atom. The zero-order chi connectivity index (χ0) is 15.6. The van der Waals surface area contributed by atoms with Crippen LogP contribution in [0.3, 0.4) is 0 Å². The molecule has 7 heteroatoms. The summed E-state index contributed by atoms with van der Waals surface area (Å²) in [6, 6.07) is 4.29. The number of aromatic nitrogens is 2. The second-order valence-electron chi connectivity index (χ2n) is 4.67. The summed E-state index contributed by atoms with van der Waals surface area (Å²) >= 11 is 0. The molecule has 21 heavy (non-hydrogen) atoms. The molecule has 7 nitrogen and oxygen atoms in total. The van der Waals surface area contributed by atoms with Crippen molar-refractivity contribution in [1.29, 1.82) is 0 Å². The van der Waals surface area contributed by atoms with Crippen molar-refractivity contribution in [3.8, 4) is 0 Å². The third kappa shape index (κ3) is 2.91. The molecule has 0 saturated carbocycles. The normalized spacial score (nSPS) is 10.4. The molecule has 0 saturated heterocycles. The van der Waals surface area contributed by atoms with Gasteiger partial charge in [0.05, 0.1) is 22.5 Å². The lowest BCUT2D eigenvalue weighted by Crippen LogP contribution is -2.13. The molecule has 0 spiro atoms. The molecular weight excluding hydrogens is 272 g/mol. The van der Waals surface area contributed by atoms with E-state index in [1.807, 2.05) is 13.8 Å². The standard InChI is InChI=1S/C14H16N4O3/c1-4-17-10(3)12(8-15-17)16-14(19)11-5-6-13(18(20)21)9(2)7-11/h5-8H,4H2,1-3H3,(H,16,19). The number of carbonyl (C=O) groups excluding carboxylic acids is 1. The van der Waals surface area contributed by atoms with Gasteiger partial charge in [-0.15, -0.1) is 0 Å². The van der Waals surface area contributed by atoms with Crippen LogP contribution in [-0.2, 0) is 6.54 Å². The average molecular weight is 288 g/mol. The Morgan fingerprint density at radius 2 is 2.14 bits per heavy atom. The largest absolute Gasteiger partial charge is 0.319 e. The molecular formula is C14H16N4O3. The number of amides is 1. The van der Waals surface area contributed by atoms with Crippen LogP contribution < -0.4 is 5.32 Å². The number of hydrogen-bond acceptors (Lipinski definition) is 4. The van der Waals surface area contributed by atoms with E-state index in [0.29, 0.717) is 16.8 Å². The molecule has 0 atom stereocenters. The van der Waals surface area contributed by atoms with Gasteiger partial charge in [-0.1, -0.05) is 0 Å². The van der Waals surface area contributed by atoms with Crippen molar-refractivity contribution in [2.75, 3.05) is 5.32 Å². The lowest BCUT2D eigenvalue weighted by molar-refractivity contribution is -0.385. The van der Waals surface area contributed by atoms with Gasteiger partial charge in [-0.3, -0.25) is 19.6 Å². The van der Waals surface area contributed by atoms with Gasteiger partial charge in [0, 0.05) is 23.7 Å². The van der Waals surface area contributed by atoms with Crippen molar-refractivity contribution < 1.29 is 9.72 Å². The van der Waals surface area contributed by atoms with Crippen molar-refractivity contribution in [3.05, 3.63) is 51.3 Å². The molecule has 0 aliphatic rings. The van der Waals surface area contributed by atoms with E-state index in [2.05, 4.69) is 10.4 Å². The quantitative estimate of drug-likeness (QED) is 0.691. The third-order valence-electron chi connectivity index (χ3n) is 3.31. The first kappa shape index (κ1) is 14.7. The first-order valence-corrected chi connectivity index (χ1v) is 6.52. The van der Waals surface area contributed by atoms with Crippen LogP contribution in [0.4, 0.5) is 11.4 Å². The maximum atomic E-state index is 12.2. The predicted molar refractivity (Wildman–Crippen MR) is 78.4 cm³/mol. The molecule has 0 fully saturated rings. The summed E-state index contributed by atoms with van der Waals surface area (Å²) in [6.07, 6.45) is 1.59. The van der Waals surface area contributed by atoms with E-state index in [4.69, 9.17) is 0 Å². The van der Waals surface area contributed by atoms with Crippen LogP contribution >= 0.6 is 0 Å². The Labute approximate surface area is 121 Å². The Balaban J connectivity index is 2.22. The first-order valence-electron chi connectivity index (χ1n) is 6.52. The fourth-order valence-corrected chi connectivity index (χ4v) is 2.08. The zero-order valence-electron chi connectivity index (χ0n) is 12.1. The number of benzene rings is 1. The van der Waals surface area contributed by atoms with Gasteiger partial charge in [-0.2, -0.15) is 5.10 Å². The number of hydrogen-bond donors (Lipinski definition) is 1. The number of nitro benzene ring substituents is 1. The maximum Gasteiger partial charge on any atom is 0.272 e. The molecule has 1 aromatic heterocycles. The molecule has 1 aromatic carbocycles. The van der Waals surface area contributed by atoms with Crippen molar-refractivity contribution in [2.45, 2.75) is 27.3 Å². The zero-order valence-corrected chi connectivity index (χ0v) is 12.1. The summed E-state index contributed by atoms with van der Waals surface area (Å²) in [7, 11) is 0. The van der Waals surface area contributed by atoms with E-state index in [1.54, 1.807) is 17.8 Å². The molecule has 1 N–H and O–H groups in total. The maximum absolute atomic E-state index is 12.2. The van der Waals surface area contributed by atoms with Crippen molar-refractivity contribution in [3.63, 3.8) is 0 Å². The van der Waals surface area contributed by atoms with Crippen LogP contribution in [0, 0.1) is 24.0 Å². The van der Waals surface area contributed by atoms with E-state index in [0.717, 1.165) is 12.2 Å². The summed E-state index contributed by atoms with van der Waals surface area (Å²) in [5.41, 5.74) is 2.33. The minimum Gasteiger partial charge on any atom is -0.319 e. The van der Waals surface area contributed by atoms with Gasteiger partial charge >= 0.3 is 0 Å². The number of nitro groups is 1. The summed E-state index contributed by atoms with van der Waals surface area (Å²) in [6.45, 7) is 6.16. The molecule has 0 aliphatic heterocycles. The van der Waals surface area contributed by atoms with E-state index >= 15 is 0 Å². The van der Waals surface area contributed by atoms with E-state index < -0.39 is 4.92 Å². The van der Waals surface area contributed by atoms with E-state index in [1.165, 1.54) is 18.2 Å². The number of nitrogens with one attached hydrogen (secondary N) is 1. The fraction of sp³-hybridized carbons (Fsp3) is 0.286. The highest BCUT2D eigenvalue weighted by molar-refractivity contribution is 6.04. The molecule has 2 rings (SSSR count). The van der Waals surface area contributed by atoms with E-state index in [9.17, 15) is 14.9 Å². The monoisotopic (exact) mass is 288 g/mol. The Morgan fingerprint density at radius 3 is 2.67 bits per heavy atom. The van der Waals surface area contributed by atoms with Crippen LogP contribution in [0.25, 0.3) is 0 Å². The number of aryl methyl sites for hydroxylation is 2. The molecule has 1 heterocycles. The molecule has 0 unspecified atom stereocenters. The SMILES string of the molecule is CCn1ncc(NC(=O)c2ccc([N+](=O)[O-])c(C)c2)c1C. The number of nitrogens with zero attached hydrogens (tertiary/aromatic N) is 3. The highest BCUT2D eigenvalue weighted by Crippen LogP contribution is 2.20. The Kier molecular flexibility index (Phi) is 4.02. The predicted octanol–water partition coefficient (Wildman–Crippen LogP) is 2.68. The van der Waals surface area contributed by atoms with Crippen LogP contribution in [0.15, 0.2) is 24.4 Å². The van der Waals surface area contributed by atoms with Gasteiger partial charge in [0.2, 0.25) is 0 Å². The summed E-state index contributed by atoms with van der Waals surface area (Å²) < 4.78 is 1.77. The molecule has 0 aliphatic carbocycles. The molecule has 1 amide bonds. The smallest absolute Gasteiger partial charge is 0.272 e. The Bertz CT molecular complexity index is 706. The summed E-state index contributed by atoms with van der Waals surface area (Å²) in [4.78, 5) is 22.5. The highest BCUT2D eigenvalue weighted by Gasteiger charge is 2.15. The van der Waals surface area contributed by atoms with Crippen molar-refractivity contribution in [2.24, 2.45) is 0 Å². The minimum absolute atomic E-state index is 0.00142. The number of carbonyl (C=O) groups is 1. The van der Waals surface area contributed by atoms with E-state index in [-0.39, 0.29) is 11.6 Å². The summed E-state index contributed by atoms with van der Waals surface area (Å²) in [5.74, 6) is -0.313. The topological polar surface area (TPSA) is 90.1 Å². The van der Waals surface area contributed by atoms with Crippen molar-refractivity contribution >= 4 is 17.3 Å². The number of rotatable bonds is 4. The second-order valence-corrected chi connectivity index (χ2v) is 4.67. The Hall–Kier alpha value is -2.70. The first-order chi connectivity index (χ1) is 9.93. The lowest BCUT2D eigenvalue weighted by Gasteiger charge is -2.06. The molecule has 2 aromatic rings. The van der Waals surface area contributed by atoms with Gasteiger partial charge in [-0.05, 0) is 32.9 Å². The van der Waals surface area contributed by atoms with Gasteiger partial charge in [0.1, 0.15) is 0 Å². The number of anilines is 1. The lowest BCUT2D eigenvalue weighted by atomic mass is 10.1. The summed E-state index contributed by atoms with van der Waals surface area (Å²) in [5, 5.41) is 17.7. The van der Waals surface area contributed by atoms with Crippen LogP contribution in [0.5, 0.6) is 0 Å². The van der Waals surface area contributed by atoms with Gasteiger partial charge in [0.25, 0.3) is 11.6 Å². The molecule has 0 bridgehead atoms. The molecule has 0 radical (unpaired) electrons.